The highest BCUT2D eigenvalue weighted by Gasteiger charge is 2.32. The molecule has 0 aliphatic heterocycles. The van der Waals surface area contributed by atoms with Gasteiger partial charge in [-0.2, -0.15) is 13.2 Å². The molecule has 0 saturated carbocycles. The zero-order chi connectivity index (χ0) is 15.0. The van der Waals surface area contributed by atoms with E-state index < -0.39 is 26.6 Å². The summed E-state index contributed by atoms with van der Waals surface area (Å²) >= 11 is 0. The number of alkyl halides is 3. The van der Waals surface area contributed by atoms with Crippen molar-refractivity contribution in [3.63, 3.8) is 0 Å². The number of aromatic nitrogens is 1. The fraction of sp³-hybridized carbons (Fsp3) is 0.154. The van der Waals surface area contributed by atoms with Gasteiger partial charge in [-0.15, -0.1) is 0 Å². The minimum absolute atomic E-state index is 0.108. The first-order chi connectivity index (χ1) is 9.19. The summed E-state index contributed by atoms with van der Waals surface area (Å²) in [5, 5.41) is -0.395. The summed E-state index contributed by atoms with van der Waals surface area (Å²) < 4.78 is 61.4. The van der Waals surface area contributed by atoms with Crippen LogP contribution in [0.25, 0.3) is 11.1 Å². The molecule has 0 fully saturated rings. The molecule has 20 heavy (non-hydrogen) atoms. The number of halogens is 3. The van der Waals surface area contributed by atoms with Crippen LogP contribution in [0.1, 0.15) is 5.56 Å². The Hall–Kier alpha value is -1.89. The van der Waals surface area contributed by atoms with Gasteiger partial charge in [-0.05, 0) is 17.7 Å². The molecule has 2 aromatic rings. The summed E-state index contributed by atoms with van der Waals surface area (Å²) in [7, 11) is -3.74. The minimum Gasteiger partial charge on any atom is -0.244 e. The Morgan fingerprint density at radius 3 is 2.45 bits per heavy atom. The average molecular weight is 300 g/mol. The summed E-state index contributed by atoms with van der Waals surface area (Å²) in [5.74, 6) is 0. The Bertz CT molecular complexity index is 725. The van der Waals surface area contributed by atoms with Gasteiger partial charge in [-0.25, -0.2) is 13.4 Å². The zero-order valence-corrected chi connectivity index (χ0v) is 11.1. The molecular formula is C13H9F3NO2S. The van der Waals surface area contributed by atoms with E-state index in [1.165, 1.54) is 12.1 Å². The van der Waals surface area contributed by atoms with Crippen LogP contribution in [0, 0.1) is 6.07 Å². The van der Waals surface area contributed by atoms with Crippen LogP contribution in [0.4, 0.5) is 13.2 Å². The van der Waals surface area contributed by atoms with E-state index in [2.05, 4.69) is 11.1 Å². The standard InChI is InChI=1S/C13H9F3NO2S/c1-20(18,19)12-11(9-5-3-2-4-6-9)7-10(8-17-12)13(14,15)16/h2-5,7-8H,1H3. The van der Waals surface area contributed by atoms with Crippen molar-refractivity contribution in [2.45, 2.75) is 11.2 Å². The van der Waals surface area contributed by atoms with E-state index in [9.17, 15) is 21.6 Å². The molecule has 1 aromatic carbocycles. The van der Waals surface area contributed by atoms with Gasteiger partial charge in [-0.1, -0.05) is 24.3 Å². The van der Waals surface area contributed by atoms with Crippen LogP contribution >= 0.6 is 0 Å². The number of sulfone groups is 1. The Morgan fingerprint density at radius 2 is 1.95 bits per heavy atom. The molecule has 3 nitrogen and oxygen atoms in total. The van der Waals surface area contributed by atoms with Gasteiger partial charge >= 0.3 is 6.18 Å². The molecule has 0 aliphatic carbocycles. The summed E-state index contributed by atoms with van der Waals surface area (Å²) in [6, 6.07) is 9.65. The van der Waals surface area contributed by atoms with Crippen molar-refractivity contribution in [3.05, 3.63) is 48.2 Å². The third-order valence-corrected chi connectivity index (χ3v) is 3.56. The highest BCUT2D eigenvalue weighted by molar-refractivity contribution is 7.90. The summed E-state index contributed by atoms with van der Waals surface area (Å²) in [4.78, 5) is 3.46. The molecule has 0 N–H and O–H groups in total. The molecule has 0 saturated heterocycles. The highest BCUT2D eigenvalue weighted by atomic mass is 32.2. The predicted molar refractivity (Wildman–Crippen MR) is 66.6 cm³/mol. The van der Waals surface area contributed by atoms with E-state index in [-0.39, 0.29) is 11.1 Å². The first-order valence-electron chi connectivity index (χ1n) is 5.44. The van der Waals surface area contributed by atoms with Crippen LogP contribution < -0.4 is 0 Å². The van der Waals surface area contributed by atoms with Crippen LogP contribution in [-0.2, 0) is 16.0 Å². The van der Waals surface area contributed by atoms with E-state index in [1.807, 2.05) is 0 Å². The Balaban J connectivity index is 2.74. The zero-order valence-electron chi connectivity index (χ0n) is 10.3. The molecular weight excluding hydrogens is 291 g/mol. The topological polar surface area (TPSA) is 47.0 Å². The molecule has 0 aliphatic rings. The molecule has 1 radical (unpaired) electrons. The van der Waals surface area contributed by atoms with Crippen molar-refractivity contribution in [1.82, 2.24) is 4.98 Å². The van der Waals surface area contributed by atoms with Gasteiger partial charge in [0.2, 0.25) is 0 Å². The molecule has 0 amide bonds. The monoisotopic (exact) mass is 300 g/mol. The van der Waals surface area contributed by atoms with Crippen LogP contribution in [0.2, 0.25) is 0 Å². The molecule has 1 heterocycles. The van der Waals surface area contributed by atoms with Crippen LogP contribution in [0.5, 0.6) is 0 Å². The SMILES string of the molecule is CS(=O)(=O)c1ncc(C(F)(F)F)cc1-c1[c]cccc1. The number of hydrogen-bond donors (Lipinski definition) is 0. The van der Waals surface area contributed by atoms with Crippen molar-refractivity contribution in [3.8, 4) is 11.1 Å². The minimum atomic E-state index is -4.59. The van der Waals surface area contributed by atoms with Gasteiger partial charge in [0.1, 0.15) is 0 Å². The van der Waals surface area contributed by atoms with Gasteiger partial charge in [0.15, 0.2) is 14.9 Å². The lowest BCUT2D eigenvalue weighted by Gasteiger charge is -2.11. The lowest BCUT2D eigenvalue weighted by atomic mass is 10.1. The smallest absolute Gasteiger partial charge is 0.244 e. The Morgan fingerprint density at radius 1 is 1.25 bits per heavy atom. The fourth-order valence-corrected chi connectivity index (χ4v) is 2.47. The quantitative estimate of drug-likeness (QED) is 0.856. The maximum atomic E-state index is 12.7. The van der Waals surface area contributed by atoms with E-state index in [4.69, 9.17) is 0 Å². The molecule has 0 spiro atoms. The third kappa shape index (κ3) is 2.98. The highest BCUT2D eigenvalue weighted by Crippen LogP contribution is 2.34. The molecule has 7 heteroatoms. The van der Waals surface area contributed by atoms with Crippen molar-refractivity contribution >= 4 is 9.84 Å². The lowest BCUT2D eigenvalue weighted by molar-refractivity contribution is -0.137. The average Bonchev–Trinajstić information content (AvgIpc) is 2.37. The second-order valence-corrected chi connectivity index (χ2v) is 6.05. The van der Waals surface area contributed by atoms with Crippen molar-refractivity contribution in [1.29, 1.82) is 0 Å². The van der Waals surface area contributed by atoms with Crippen LogP contribution in [0.3, 0.4) is 0 Å². The van der Waals surface area contributed by atoms with E-state index in [0.29, 0.717) is 6.20 Å². The largest absolute Gasteiger partial charge is 0.417 e. The van der Waals surface area contributed by atoms with Crippen molar-refractivity contribution in [2.75, 3.05) is 6.26 Å². The van der Waals surface area contributed by atoms with Gasteiger partial charge < -0.3 is 0 Å². The number of hydrogen-bond acceptors (Lipinski definition) is 3. The van der Waals surface area contributed by atoms with Gasteiger partial charge in [0.05, 0.1) is 5.56 Å². The normalized spacial score (nSPS) is 12.4. The van der Waals surface area contributed by atoms with Gasteiger partial charge in [0.25, 0.3) is 0 Å². The summed E-state index contributed by atoms with van der Waals surface area (Å²) in [6.45, 7) is 0. The number of pyridine rings is 1. The number of nitrogens with zero attached hydrogens (tertiary/aromatic N) is 1. The fourth-order valence-electron chi connectivity index (χ4n) is 1.66. The molecule has 2 rings (SSSR count). The number of benzene rings is 1. The van der Waals surface area contributed by atoms with E-state index in [0.717, 1.165) is 12.3 Å². The van der Waals surface area contributed by atoms with E-state index in [1.54, 1.807) is 12.1 Å². The van der Waals surface area contributed by atoms with Crippen LogP contribution in [0.15, 0.2) is 41.6 Å². The van der Waals surface area contributed by atoms with Crippen molar-refractivity contribution in [2.24, 2.45) is 0 Å². The van der Waals surface area contributed by atoms with Crippen LogP contribution in [-0.4, -0.2) is 19.7 Å². The van der Waals surface area contributed by atoms with Crippen molar-refractivity contribution < 1.29 is 21.6 Å². The molecule has 0 unspecified atom stereocenters. The Labute approximate surface area is 114 Å². The Kier molecular flexibility index (Phi) is 3.56. The first kappa shape index (κ1) is 14.5. The second kappa shape index (κ2) is 4.90. The lowest BCUT2D eigenvalue weighted by Crippen LogP contribution is -2.10. The van der Waals surface area contributed by atoms with Gasteiger partial charge in [-0.3, -0.25) is 0 Å². The third-order valence-electron chi connectivity index (χ3n) is 2.53. The predicted octanol–water partition coefficient (Wildman–Crippen LogP) is 2.97. The number of rotatable bonds is 2. The second-order valence-electron chi connectivity index (χ2n) is 4.12. The molecule has 105 valence electrons. The molecule has 0 atom stereocenters. The maximum Gasteiger partial charge on any atom is 0.417 e. The summed E-state index contributed by atoms with van der Waals surface area (Å²) in [5.41, 5.74) is -0.869. The maximum absolute atomic E-state index is 12.7. The first-order valence-corrected chi connectivity index (χ1v) is 7.33. The van der Waals surface area contributed by atoms with Gasteiger partial charge in [0, 0.05) is 18.0 Å². The summed E-state index contributed by atoms with van der Waals surface area (Å²) in [6.07, 6.45) is -3.18. The molecule has 1 aromatic heterocycles. The molecule has 0 bridgehead atoms. The van der Waals surface area contributed by atoms with E-state index >= 15 is 0 Å².